The van der Waals surface area contributed by atoms with Gasteiger partial charge in [-0.1, -0.05) is 6.92 Å². The summed E-state index contributed by atoms with van der Waals surface area (Å²) in [6, 6.07) is 1.52. The number of carbonyl (C=O) groups is 2. The van der Waals surface area contributed by atoms with Gasteiger partial charge in [0.05, 0.1) is 0 Å². The van der Waals surface area contributed by atoms with Crippen LogP contribution in [0.3, 0.4) is 0 Å². The van der Waals surface area contributed by atoms with Crippen molar-refractivity contribution in [3.63, 3.8) is 0 Å². The summed E-state index contributed by atoms with van der Waals surface area (Å²) in [5, 5.41) is 7.24. The second-order valence-corrected chi connectivity index (χ2v) is 7.65. The Morgan fingerprint density at radius 3 is 2.44 bits per heavy atom. The van der Waals surface area contributed by atoms with Gasteiger partial charge < -0.3 is 10.2 Å². The summed E-state index contributed by atoms with van der Waals surface area (Å²) >= 11 is 0. The van der Waals surface area contributed by atoms with E-state index in [0.29, 0.717) is 19.3 Å². The highest BCUT2D eigenvalue weighted by Gasteiger charge is 2.38. The highest BCUT2D eigenvalue weighted by atomic mass is 19.3. The molecule has 2 fully saturated rings. The predicted octanol–water partition coefficient (Wildman–Crippen LogP) is 2.77. The Kier molecular flexibility index (Phi) is 6.11. The summed E-state index contributed by atoms with van der Waals surface area (Å²) in [6.07, 6.45) is 6.47. The maximum absolute atomic E-state index is 13.3. The molecule has 1 unspecified atom stereocenters. The van der Waals surface area contributed by atoms with Crippen molar-refractivity contribution in [2.75, 3.05) is 13.1 Å². The largest absolute Gasteiger partial charge is 0.352 e. The van der Waals surface area contributed by atoms with Gasteiger partial charge in [0.15, 0.2) is 0 Å². The highest BCUT2D eigenvalue weighted by Crippen LogP contribution is 2.31. The first-order valence-corrected chi connectivity index (χ1v) is 9.86. The molecule has 1 aliphatic heterocycles. The van der Waals surface area contributed by atoms with Crippen LogP contribution >= 0.6 is 0 Å². The number of nitrogens with zero attached hydrogens (tertiary/aromatic N) is 3. The Morgan fingerprint density at radius 1 is 1.22 bits per heavy atom. The van der Waals surface area contributed by atoms with E-state index < -0.39 is 5.92 Å². The second kappa shape index (κ2) is 8.35. The zero-order chi connectivity index (χ0) is 19.4. The van der Waals surface area contributed by atoms with E-state index in [9.17, 15) is 18.4 Å². The van der Waals surface area contributed by atoms with Crippen molar-refractivity contribution >= 4 is 11.8 Å². The molecule has 1 N–H and O–H groups in total. The van der Waals surface area contributed by atoms with Crippen LogP contribution in [0.1, 0.15) is 57.9 Å². The summed E-state index contributed by atoms with van der Waals surface area (Å²) in [4.78, 5) is 26.7. The van der Waals surface area contributed by atoms with Gasteiger partial charge >= 0.3 is 0 Å². The van der Waals surface area contributed by atoms with Crippen molar-refractivity contribution in [1.29, 1.82) is 0 Å². The van der Waals surface area contributed by atoms with Gasteiger partial charge in [-0.15, -0.1) is 0 Å². The van der Waals surface area contributed by atoms with E-state index in [1.165, 1.54) is 0 Å². The Morgan fingerprint density at radius 2 is 1.89 bits per heavy atom. The molecule has 1 saturated carbocycles. The molecule has 0 spiro atoms. The van der Waals surface area contributed by atoms with Crippen molar-refractivity contribution in [2.24, 2.45) is 5.92 Å². The van der Waals surface area contributed by atoms with Gasteiger partial charge in [0.2, 0.25) is 11.8 Å². The van der Waals surface area contributed by atoms with Crippen LogP contribution in [0.5, 0.6) is 0 Å². The molecule has 0 aromatic carbocycles. The van der Waals surface area contributed by atoms with E-state index in [1.807, 2.05) is 6.92 Å². The first kappa shape index (κ1) is 19.8. The Bertz CT molecular complexity index is 632. The molecule has 0 radical (unpaired) electrons. The molecular weight excluding hydrogens is 354 g/mol. The van der Waals surface area contributed by atoms with Crippen LogP contribution < -0.4 is 5.32 Å². The SMILES string of the molecule is CCC(C(=O)NC1CCC(C(=O)N2CCC(F)(F)CC2)CC1)n1cccn1. The van der Waals surface area contributed by atoms with Crippen LogP contribution in [0.2, 0.25) is 0 Å². The van der Waals surface area contributed by atoms with Gasteiger partial charge in [-0.25, -0.2) is 8.78 Å². The van der Waals surface area contributed by atoms with E-state index in [-0.39, 0.29) is 55.7 Å². The van der Waals surface area contributed by atoms with E-state index >= 15 is 0 Å². The van der Waals surface area contributed by atoms with E-state index in [2.05, 4.69) is 10.4 Å². The quantitative estimate of drug-likeness (QED) is 0.852. The minimum Gasteiger partial charge on any atom is -0.352 e. The third-order valence-electron chi connectivity index (χ3n) is 5.76. The summed E-state index contributed by atoms with van der Waals surface area (Å²) in [6.45, 7) is 2.23. The number of halogens is 2. The lowest BCUT2D eigenvalue weighted by Gasteiger charge is -2.36. The third-order valence-corrected chi connectivity index (χ3v) is 5.76. The molecule has 1 aliphatic carbocycles. The normalized spacial score (nSPS) is 26.4. The number of alkyl halides is 2. The van der Waals surface area contributed by atoms with Gasteiger partial charge in [-0.2, -0.15) is 5.10 Å². The van der Waals surface area contributed by atoms with Crippen LogP contribution in [0.25, 0.3) is 0 Å². The maximum Gasteiger partial charge on any atom is 0.251 e. The molecule has 1 atom stereocenters. The first-order valence-electron chi connectivity index (χ1n) is 9.86. The van der Waals surface area contributed by atoms with Gasteiger partial charge in [0.25, 0.3) is 5.92 Å². The molecule has 1 saturated heterocycles. The summed E-state index contributed by atoms with van der Waals surface area (Å²) in [5.41, 5.74) is 0. The number of hydrogen-bond acceptors (Lipinski definition) is 3. The highest BCUT2D eigenvalue weighted by molar-refractivity contribution is 5.81. The number of likely N-dealkylation sites (tertiary alicyclic amines) is 1. The standard InChI is InChI=1S/C19H28F2N4O2/c1-2-16(25-11-3-10-22-25)17(26)23-15-6-4-14(5-7-15)18(27)24-12-8-19(20,21)9-13-24/h3,10-11,14-16H,2,4-9,12-13H2,1H3,(H,23,26). The molecular formula is C19H28F2N4O2. The number of carbonyl (C=O) groups excluding carboxylic acids is 2. The second-order valence-electron chi connectivity index (χ2n) is 7.65. The lowest BCUT2D eigenvalue weighted by molar-refractivity contribution is -0.142. The molecule has 1 aromatic heterocycles. The summed E-state index contributed by atoms with van der Waals surface area (Å²) in [5.74, 6) is -2.80. The molecule has 2 aliphatic rings. The third kappa shape index (κ3) is 4.84. The molecule has 3 rings (SSSR count). The van der Waals surface area contributed by atoms with Crippen molar-refractivity contribution < 1.29 is 18.4 Å². The minimum absolute atomic E-state index is 0.00162. The van der Waals surface area contributed by atoms with Gasteiger partial charge in [-0.3, -0.25) is 14.3 Å². The molecule has 2 heterocycles. The van der Waals surface area contributed by atoms with E-state index in [1.54, 1.807) is 28.0 Å². The molecule has 1 aromatic rings. The van der Waals surface area contributed by atoms with Crippen molar-refractivity contribution in [2.45, 2.75) is 69.9 Å². The molecule has 150 valence electrons. The number of piperidine rings is 1. The van der Waals surface area contributed by atoms with E-state index in [4.69, 9.17) is 0 Å². The van der Waals surface area contributed by atoms with Crippen molar-refractivity contribution in [3.8, 4) is 0 Å². The predicted molar refractivity (Wildman–Crippen MR) is 96.2 cm³/mol. The molecule has 6 nitrogen and oxygen atoms in total. The fourth-order valence-corrected chi connectivity index (χ4v) is 4.05. The van der Waals surface area contributed by atoms with Crippen LogP contribution in [-0.4, -0.2) is 51.5 Å². The average molecular weight is 382 g/mol. The maximum atomic E-state index is 13.3. The molecule has 0 bridgehead atoms. The van der Waals surface area contributed by atoms with Crippen molar-refractivity contribution in [1.82, 2.24) is 20.0 Å². The minimum atomic E-state index is -2.64. The summed E-state index contributed by atoms with van der Waals surface area (Å²) < 4.78 is 28.2. The van der Waals surface area contributed by atoms with Gasteiger partial charge in [-0.05, 0) is 38.2 Å². The number of aromatic nitrogens is 2. The Labute approximate surface area is 158 Å². The smallest absolute Gasteiger partial charge is 0.251 e. The van der Waals surface area contributed by atoms with Crippen molar-refractivity contribution in [3.05, 3.63) is 18.5 Å². The Balaban J connectivity index is 1.46. The van der Waals surface area contributed by atoms with Gasteiger partial charge in [0, 0.05) is 50.3 Å². The molecule has 8 heteroatoms. The van der Waals surface area contributed by atoms with Crippen LogP contribution in [-0.2, 0) is 9.59 Å². The Hall–Kier alpha value is -1.99. The zero-order valence-corrected chi connectivity index (χ0v) is 15.7. The zero-order valence-electron chi connectivity index (χ0n) is 15.7. The fourth-order valence-electron chi connectivity index (χ4n) is 4.05. The lowest BCUT2D eigenvalue weighted by atomic mass is 9.84. The average Bonchev–Trinajstić information content (AvgIpc) is 3.17. The van der Waals surface area contributed by atoms with Crippen LogP contribution in [0.15, 0.2) is 18.5 Å². The number of amides is 2. The number of nitrogens with one attached hydrogen (secondary N) is 1. The van der Waals surface area contributed by atoms with E-state index in [0.717, 1.165) is 12.8 Å². The van der Waals surface area contributed by atoms with Gasteiger partial charge in [0.1, 0.15) is 6.04 Å². The fraction of sp³-hybridized carbons (Fsp3) is 0.737. The van der Waals surface area contributed by atoms with Crippen LogP contribution in [0, 0.1) is 5.92 Å². The van der Waals surface area contributed by atoms with Crippen LogP contribution in [0.4, 0.5) is 8.78 Å². The molecule has 2 amide bonds. The lowest BCUT2D eigenvalue weighted by Crippen LogP contribution is -2.47. The topological polar surface area (TPSA) is 67.2 Å². The molecule has 27 heavy (non-hydrogen) atoms. The monoisotopic (exact) mass is 382 g/mol. The number of hydrogen-bond donors (Lipinski definition) is 1. The number of rotatable bonds is 5. The summed E-state index contributed by atoms with van der Waals surface area (Å²) in [7, 11) is 0. The first-order chi connectivity index (χ1) is 12.9.